The average Bonchev–Trinajstić information content (AvgIpc) is 3.55. The first-order valence-corrected chi connectivity index (χ1v) is 12.2. The molecule has 0 unspecified atom stereocenters. The minimum absolute atomic E-state index is 0.128. The molecule has 1 aliphatic heterocycles. The summed E-state index contributed by atoms with van der Waals surface area (Å²) in [6.07, 6.45) is 0.697. The van der Waals surface area contributed by atoms with E-state index in [-0.39, 0.29) is 18.6 Å². The summed E-state index contributed by atoms with van der Waals surface area (Å²) in [5.74, 6) is 0.643. The molecule has 1 aromatic heterocycles. The van der Waals surface area contributed by atoms with Crippen LogP contribution in [0.4, 0.5) is 0 Å². The second-order valence-electron chi connectivity index (χ2n) is 7.74. The highest BCUT2D eigenvalue weighted by Gasteiger charge is 2.33. The summed E-state index contributed by atoms with van der Waals surface area (Å²) in [6.45, 7) is 4.04. The fourth-order valence-electron chi connectivity index (χ4n) is 3.78. The van der Waals surface area contributed by atoms with Crippen molar-refractivity contribution in [1.82, 2.24) is 10.2 Å². The topological polar surface area (TPSA) is 77.1 Å². The van der Waals surface area contributed by atoms with Gasteiger partial charge in [-0.05, 0) is 48.6 Å². The Morgan fingerprint density at radius 1 is 1.09 bits per heavy atom. The van der Waals surface area contributed by atoms with E-state index >= 15 is 0 Å². The third-order valence-electron chi connectivity index (χ3n) is 5.43. The molecule has 178 valence electrons. The maximum absolute atomic E-state index is 13.8. The molecule has 2 aromatic carbocycles. The first-order chi connectivity index (χ1) is 16.7. The van der Waals surface area contributed by atoms with E-state index in [0.29, 0.717) is 49.8 Å². The summed E-state index contributed by atoms with van der Waals surface area (Å²) in [5.41, 5.74) is 1.18. The normalized spacial score (nSPS) is 12.9. The predicted molar refractivity (Wildman–Crippen MR) is 130 cm³/mol. The van der Waals surface area contributed by atoms with Crippen molar-refractivity contribution >= 4 is 23.2 Å². The molecule has 0 radical (unpaired) electrons. The Morgan fingerprint density at radius 3 is 2.68 bits per heavy atom. The van der Waals surface area contributed by atoms with Crippen molar-refractivity contribution in [3.05, 3.63) is 82.0 Å². The summed E-state index contributed by atoms with van der Waals surface area (Å²) in [7, 11) is 0. The monoisotopic (exact) mass is 480 g/mol. The number of amides is 2. The van der Waals surface area contributed by atoms with Crippen molar-refractivity contribution < 1.29 is 23.8 Å². The molecule has 2 amide bonds. The molecule has 0 saturated carbocycles. The van der Waals surface area contributed by atoms with Crippen LogP contribution in [0.2, 0.25) is 0 Å². The van der Waals surface area contributed by atoms with Crippen LogP contribution in [0, 0.1) is 0 Å². The Kier molecular flexibility index (Phi) is 8.17. The Morgan fingerprint density at radius 2 is 1.91 bits per heavy atom. The van der Waals surface area contributed by atoms with Gasteiger partial charge in [0.1, 0.15) is 6.04 Å². The summed E-state index contributed by atoms with van der Waals surface area (Å²) in [6, 6.07) is 17.6. The molecule has 1 N–H and O–H groups in total. The highest BCUT2D eigenvalue weighted by atomic mass is 32.1. The molecule has 1 aliphatic rings. The molecule has 0 spiro atoms. The van der Waals surface area contributed by atoms with E-state index in [0.717, 1.165) is 10.4 Å². The highest BCUT2D eigenvalue weighted by molar-refractivity contribution is 7.09. The zero-order valence-corrected chi connectivity index (χ0v) is 19.9. The van der Waals surface area contributed by atoms with Crippen molar-refractivity contribution in [3.63, 3.8) is 0 Å². The number of rotatable bonds is 11. The van der Waals surface area contributed by atoms with Gasteiger partial charge in [0.25, 0.3) is 5.91 Å². The molecule has 0 saturated heterocycles. The van der Waals surface area contributed by atoms with Gasteiger partial charge in [0.15, 0.2) is 11.5 Å². The number of benzene rings is 2. The van der Waals surface area contributed by atoms with Crippen LogP contribution in [-0.4, -0.2) is 43.3 Å². The van der Waals surface area contributed by atoms with Crippen molar-refractivity contribution in [3.8, 4) is 11.5 Å². The van der Waals surface area contributed by atoms with Crippen LogP contribution in [0.25, 0.3) is 0 Å². The van der Waals surface area contributed by atoms with Gasteiger partial charge in [0, 0.05) is 30.2 Å². The lowest BCUT2D eigenvalue weighted by Crippen LogP contribution is -2.43. The molecule has 0 bridgehead atoms. The maximum Gasteiger partial charge on any atom is 0.255 e. The molecule has 0 fully saturated rings. The van der Waals surface area contributed by atoms with Gasteiger partial charge in [-0.25, -0.2) is 0 Å². The smallest absolute Gasteiger partial charge is 0.255 e. The van der Waals surface area contributed by atoms with Crippen LogP contribution < -0.4 is 14.8 Å². The van der Waals surface area contributed by atoms with Crippen LogP contribution in [0.1, 0.15) is 40.2 Å². The number of thiophene rings is 1. The Balaban J connectivity index is 1.65. The molecule has 7 nitrogen and oxygen atoms in total. The second kappa shape index (κ2) is 11.7. The lowest BCUT2D eigenvalue weighted by molar-refractivity contribution is -0.126. The number of ether oxygens (including phenoxy) is 3. The predicted octanol–water partition coefficient (Wildman–Crippen LogP) is 4.40. The van der Waals surface area contributed by atoms with Crippen LogP contribution in [0.5, 0.6) is 11.5 Å². The maximum atomic E-state index is 13.8. The number of carbonyl (C=O) groups is 2. The summed E-state index contributed by atoms with van der Waals surface area (Å²) < 4.78 is 16.2. The Bertz CT molecular complexity index is 1090. The van der Waals surface area contributed by atoms with E-state index in [1.165, 1.54) is 0 Å². The third-order valence-corrected chi connectivity index (χ3v) is 6.29. The van der Waals surface area contributed by atoms with Crippen molar-refractivity contribution in [2.45, 2.75) is 25.9 Å². The lowest BCUT2D eigenvalue weighted by Gasteiger charge is -2.31. The van der Waals surface area contributed by atoms with E-state index in [4.69, 9.17) is 14.2 Å². The van der Waals surface area contributed by atoms with Crippen molar-refractivity contribution in [2.24, 2.45) is 0 Å². The van der Waals surface area contributed by atoms with Crippen LogP contribution in [0.15, 0.2) is 66.0 Å². The standard InChI is InChI=1S/C26H28N2O5S/c1-2-31-14-7-13-27-25(29)24(19-8-4-3-5-9-19)28(17-21-10-6-15-34-21)26(30)20-11-12-22-23(16-20)33-18-32-22/h3-6,8-12,15-16,24H,2,7,13-14,17-18H2,1H3,(H,27,29)/t24-/m1/s1. The molecule has 1 atom stereocenters. The lowest BCUT2D eigenvalue weighted by atomic mass is 10.0. The fourth-order valence-corrected chi connectivity index (χ4v) is 4.48. The fraction of sp³-hybridized carbons (Fsp3) is 0.308. The molecular formula is C26H28N2O5S. The zero-order chi connectivity index (χ0) is 23.8. The SMILES string of the molecule is CCOCCCNC(=O)[C@@H](c1ccccc1)N(Cc1cccs1)C(=O)c1ccc2c(c1)OCO2. The first-order valence-electron chi connectivity index (χ1n) is 11.3. The highest BCUT2D eigenvalue weighted by Crippen LogP contribution is 2.34. The molecule has 2 heterocycles. The van der Waals surface area contributed by atoms with E-state index in [9.17, 15) is 9.59 Å². The number of hydrogen-bond acceptors (Lipinski definition) is 6. The van der Waals surface area contributed by atoms with Crippen LogP contribution >= 0.6 is 11.3 Å². The second-order valence-corrected chi connectivity index (χ2v) is 8.77. The summed E-state index contributed by atoms with van der Waals surface area (Å²) in [5, 5.41) is 4.96. The first kappa shape index (κ1) is 23.8. The van der Waals surface area contributed by atoms with Crippen molar-refractivity contribution in [2.75, 3.05) is 26.6 Å². The van der Waals surface area contributed by atoms with E-state index in [2.05, 4.69) is 5.32 Å². The summed E-state index contributed by atoms with van der Waals surface area (Å²) >= 11 is 1.55. The third kappa shape index (κ3) is 5.76. The Hall–Kier alpha value is -3.36. The van der Waals surface area contributed by atoms with Crippen LogP contribution in [0.3, 0.4) is 0 Å². The minimum Gasteiger partial charge on any atom is -0.454 e. The van der Waals surface area contributed by atoms with Gasteiger partial charge in [-0.1, -0.05) is 36.4 Å². The molecule has 8 heteroatoms. The van der Waals surface area contributed by atoms with Gasteiger partial charge in [-0.2, -0.15) is 0 Å². The van der Waals surface area contributed by atoms with Gasteiger partial charge < -0.3 is 24.4 Å². The van der Waals surface area contributed by atoms with Gasteiger partial charge in [0.05, 0.1) is 6.54 Å². The summed E-state index contributed by atoms with van der Waals surface area (Å²) in [4.78, 5) is 29.9. The zero-order valence-electron chi connectivity index (χ0n) is 19.1. The number of fused-ring (bicyclic) bond motifs is 1. The van der Waals surface area contributed by atoms with E-state index in [1.54, 1.807) is 34.4 Å². The number of nitrogens with one attached hydrogen (secondary N) is 1. The number of hydrogen-bond donors (Lipinski definition) is 1. The van der Waals surface area contributed by atoms with Gasteiger partial charge in [0.2, 0.25) is 12.7 Å². The minimum atomic E-state index is -0.798. The average molecular weight is 481 g/mol. The van der Waals surface area contributed by atoms with Gasteiger partial charge in [-0.15, -0.1) is 11.3 Å². The number of carbonyl (C=O) groups excluding carboxylic acids is 2. The molecule has 0 aliphatic carbocycles. The molecule has 34 heavy (non-hydrogen) atoms. The quantitative estimate of drug-likeness (QED) is 0.412. The largest absolute Gasteiger partial charge is 0.454 e. The molecule has 4 rings (SSSR count). The molecule has 3 aromatic rings. The van der Waals surface area contributed by atoms with Crippen molar-refractivity contribution in [1.29, 1.82) is 0 Å². The Labute approximate surface area is 203 Å². The number of nitrogens with zero attached hydrogens (tertiary/aromatic N) is 1. The van der Waals surface area contributed by atoms with E-state index < -0.39 is 6.04 Å². The van der Waals surface area contributed by atoms with Gasteiger partial charge in [-0.3, -0.25) is 9.59 Å². The van der Waals surface area contributed by atoms with E-state index in [1.807, 2.05) is 54.8 Å². The molecular weight excluding hydrogens is 452 g/mol. The van der Waals surface area contributed by atoms with Crippen LogP contribution in [-0.2, 0) is 16.1 Å². The van der Waals surface area contributed by atoms with Gasteiger partial charge >= 0.3 is 0 Å².